The van der Waals surface area contributed by atoms with E-state index in [1.165, 1.54) is 0 Å². The third-order valence-corrected chi connectivity index (χ3v) is 2.85. The van der Waals surface area contributed by atoms with E-state index in [2.05, 4.69) is 13.8 Å². The molecule has 0 aliphatic heterocycles. The lowest BCUT2D eigenvalue weighted by atomic mass is 10.1. The average Bonchev–Trinajstić information content (AvgIpc) is 2.34. The van der Waals surface area contributed by atoms with Gasteiger partial charge in [-0.05, 0) is 30.5 Å². The van der Waals surface area contributed by atoms with Gasteiger partial charge in [-0.3, -0.25) is 4.79 Å². The Balaban J connectivity index is 2.85. The highest BCUT2D eigenvalue weighted by atomic mass is 35.5. The number of carbonyl (C=O) groups excluding carboxylic acids is 1. The molecule has 0 aromatic heterocycles. The Kier molecular flexibility index (Phi) is 6.51. The third kappa shape index (κ3) is 4.87. The molecule has 0 N–H and O–H groups in total. The lowest BCUT2D eigenvalue weighted by Crippen LogP contribution is -2.09. The maximum Gasteiger partial charge on any atom is 0.166 e. The van der Waals surface area contributed by atoms with E-state index in [4.69, 9.17) is 27.9 Å². The SMILES string of the molecule is CC(C)COc1ccc(Cl)cc1C(=O)CCCCl. The minimum Gasteiger partial charge on any atom is -0.493 e. The monoisotopic (exact) mass is 288 g/mol. The molecule has 0 amide bonds. The van der Waals surface area contributed by atoms with Gasteiger partial charge in [0, 0.05) is 17.3 Å². The molecule has 4 heteroatoms. The van der Waals surface area contributed by atoms with Gasteiger partial charge in [-0.25, -0.2) is 0 Å². The van der Waals surface area contributed by atoms with Crippen molar-refractivity contribution in [2.24, 2.45) is 5.92 Å². The molecular formula is C14H18Cl2O2. The zero-order valence-electron chi connectivity index (χ0n) is 10.7. The van der Waals surface area contributed by atoms with Gasteiger partial charge in [0.05, 0.1) is 12.2 Å². The van der Waals surface area contributed by atoms with Crippen LogP contribution in [0.15, 0.2) is 18.2 Å². The minimum atomic E-state index is 0.0249. The largest absolute Gasteiger partial charge is 0.493 e. The van der Waals surface area contributed by atoms with Gasteiger partial charge >= 0.3 is 0 Å². The van der Waals surface area contributed by atoms with Gasteiger partial charge in [-0.2, -0.15) is 0 Å². The maximum absolute atomic E-state index is 12.0. The second-order valence-electron chi connectivity index (χ2n) is 4.56. The highest BCUT2D eigenvalue weighted by molar-refractivity contribution is 6.31. The Bertz CT molecular complexity index is 403. The number of hydrogen-bond acceptors (Lipinski definition) is 2. The normalized spacial score (nSPS) is 10.7. The molecule has 1 rings (SSSR count). The molecule has 100 valence electrons. The van der Waals surface area contributed by atoms with E-state index in [-0.39, 0.29) is 5.78 Å². The number of rotatable bonds is 7. The number of Topliss-reactive ketones (excluding diaryl/α,β-unsaturated/α-hetero) is 1. The van der Waals surface area contributed by atoms with Crippen LogP contribution in [0.1, 0.15) is 37.0 Å². The lowest BCUT2D eigenvalue weighted by Gasteiger charge is -2.12. The summed E-state index contributed by atoms with van der Waals surface area (Å²) in [6, 6.07) is 5.14. The Morgan fingerprint density at radius 3 is 2.72 bits per heavy atom. The van der Waals surface area contributed by atoms with Gasteiger partial charge in [0.2, 0.25) is 0 Å². The third-order valence-electron chi connectivity index (χ3n) is 2.35. The first-order valence-electron chi connectivity index (χ1n) is 6.06. The molecular weight excluding hydrogens is 271 g/mol. The molecule has 0 aliphatic carbocycles. The molecule has 0 aliphatic rings. The Morgan fingerprint density at radius 2 is 2.11 bits per heavy atom. The van der Waals surface area contributed by atoms with Crippen LogP contribution in [0.4, 0.5) is 0 Å². The van der Waals surface area contributed by atoms with Crippen LogP contribution in [0.25, 0.3) is 0 Å². The molecule has 1 aromatic carbocycles. The fraction of sp³-hybridized carbons (Fsp3) is 0.500. The first-order chi connectivity index (χ1) is 8.54. The van der Waals surface area contributed by atoms with Gasteiger partial charge in [-0.15, -0.1) is 11.6 Å². The number of halogens is 2. The molecule has 0 saturated heterocycles. The Hall–Kier alpha value is -0.730. The highest BCUT2D eigenvalue weighted by Gasteiger charge is 2.13. The van der Waals surface area contributed by atoms with Crippen LogP contribution in [0, 0.1) is 5.92 Å². The van der Waals surface area contributed by atoms with E-state index in [9.17, 15) is 4.79 Å². The predicted octanol–water partition coefficient (Wildman–Crippen LogP) is 4.58. The molecule has 18 heavy (non-hydrogen) atoms. The molecule has 1 aromatic rings. The Labute approximate surface area is 118 Å². The molecule has 0 heterocycles. The lowest BCUT2D eigenvalue weighted by molar-refractivity contribution is 0.0977. The van der Waals surface area contributed by atoms with Crippen molar-refractivity contribution in [1.29, 1.82) is 0 Å². The summed E-state index contributed by atoms with van der Waals surface area (Å²) < 4.78 is 5.64. The fourth-order valence-corrected chi connectivity index (χ4v) is 1.77. The van der Waals surface area contributed by atoms with Crippen molar-refractivity contribution in [2.75, 3.05) is 12.5 Å². The number of benzene rings is 1. The summed E-state index contributed by atoms with van der Waals surface area (Å²) in [5.41, 5.74) is 0.549. The summed E-state index contributed by atoms with van der Waals surface area (Å²) in [4.78, 5) is 12.0. The average molecular weight is 289 g/mol. The zero-order valence-corrected chi connectivity index (χ0v) is 12.2. The topological polar surface area (TPSA) is 26.3 Å². The van der Waals surface area contributed by atoms with Gasteiger partial charge in [0.25, 0.3) is 0 Å². The van der Waals surface area contributed by atoms with E-state index < -0.39 is 0 Å². The smallest absolute Gasteiger partial charge is 0.166 e. The van der Waals surface area contributed by atoms with Crippen molar-refractivity contribution in [1.82, 2.24) is 0 Å². The first-order valence-corrected chi connectivity index (χ1v) is 6.97. The van der Waals surface area contributed by atoms with Crippen LogP contribution in [0.3, 0.4) is 0 Å². The minimum absolute atomic E-state index is 0.0249. The number of ether oxygens (including phenoxy) is 1. The number of alkyl halides is 1. The maximum atomic E-state index is 12.0. The summed E-state index contributed by atoms with van der Waals surface area (Å²) in [6.45, 7) is 4.70. The molecule has 0 spiro atoms. The van der Waals surface area contributed by atoms with Crippen molar-refractivity contribution in [3.63, 3.8) is 0 Å². The summed E-state index contributed by atoms with van der Waals surface area (Å²) in [6.07, 6.45) is 1.08. The molecule has 2 nitrogen and oxygen atoms in total. The number of hydrogen-bond donors (Lipinski definition) is 0. The van der Waals surface area contributed by atoms with E-state index in [1.54, 1.807) is 18.2 Å². The van der Waals surface area contributed by atoms with E-state index in [1.807, 2.05) is 0 Å². The molecule has 0 fully saturated rings. The molecule has 0 unspecified atom stereocenters. The summed E-state index contributed by atoms with van der Waals surface area (Å²) >= 11 is 11.5. The first kappa shape index (κ1) is 15.3. The van der Waals surface area contributed by atoms with Crippen molar-refractivity contribution in [2.45, 2.75) is 26.7 Å². The van der Waals surface area contributed by atoms with Crippen LogP contribution < -0.4 is 4.74 Å². The van der Waals surface area contributed by atoms with Crippen molar-refractivity contribution in [3.05, 3.63) is 28.8 Å². The number of ketones is 1. The van der Waals surface area contributed by atoms with Crippen molar-refractivity contribution in [3.8, 4) is 5.75 Å². The van der Waals surface area contributed by atoms with E-state index in [0.29, 0.717) is 47.6 Å². The van der Waals surface area contributed by atoms with E-state index >= 15 is 0 Å². The number of carbonyl (C=O) groups is 1. The van der Waals surface area contributed by atoms with Gasteiger partial charge in [-0.1, -0.05) is 25.4 Å². The summed E-state index contributed by atoms with van der Waals surface area (Å²) in [5, 5.41) is 0.543. The summed E-state index contributed by atoms with van der Waals surface area (Å²) in [7, 11) is 0. The standard InChI is InChI=1S/C14H18Cl2O2/c1-10(2)9-18-14-6-5-11(16)8-12(14)13(17)4-3-7-15/h5-6,8,10H,3-4,7,9H2,1-2H3. The van der Waals surface area contributed by atoms with Crippen LogP contribution in [-0.4, -0.2) is 18.3 Å². The highest BCUT2D eigenvalue weighted by Crippen LogP contribution is 2.25. The van der Waals surface area contributed by atoms with Crippen LogP contribution in [0.5, 0.6) is 5.75 Å². The van der Waals surface area contributed by atoms with E-state index in [0.717, 1.165) is 0 Å². The fourth-order valence-electron chi connectivity index (χ4n) is 1.46. The predicted molar refractivity (Wildman–Crippen MR) is 76.1 cm³/mol. The van der Waals surface area contributed by atoms with Crippen molar-refractivity contribution < 1.29 is 9.53 Å². The van der Waals surface area contributed by atoms with Gasteiger partial charge < -0.3 is 4.74 Å². The Morgan fingerprint density at radius 1 is 1.39 bits per heavy atom. The van der Waals surface area contributed by atoms with Crippen molar-refractivity contribution >= 4 is 29.0 Å². The second-order valence-corrected chi connectivity index (χ2v) is 5.38. The zero-order chi connectivity index (χ0) is 13.5. The quantitative estimate of drug-likeness (QED) is 0.542. The molecule has 0 radical (unpaired) electrons. The van der Waals surface area contributed by atoms with Crippen LogP contribution in [0.2, 0.25) is 5.02 Å². The molecule has 0 bridgehead atoms. The second kappa shape index (κ2) is 7.65. The van der Waals surface area contributed by atoms with Gasteiger partial charge in [0.1, 0.15) is 5.75 Å². The molecule has 0 saturated carbocycles. The van der Waals surface area contributed by atoms with Crippen LogP contribution in [-0.2, 0) is 0 Å². The van der Waals surface area contributed by atoms with Crippen LogP contribution >= 0.6 is 23.2 Å². The van der Waals surface area contributed by atoms with Gasteiger partial charge in [0.15, 0.2) is 5.78 Å². The molecule has 0 atom stereocenters. The summed E-state index contributed by atoms with van der Waals surface area (Å²) in [5.74, 6) is 1.52.